The molecular formula is C17H27IN4O2. The summed E-state index contributed by atoms with van der Waals surface area (Å²) in [5.41, 5.74) is 0.676. The average molecular weight is 446 g/mol. The van der Waals surface area contributed by atoms with Crippen LogP contribution in [0.5, 0.6) is 0 Å². The molecule has 0 aromatic heterocycles. The Morgan fingerprint density at radius 2 is 2.08 bits per heavy atom. The third-order valence-electron chi connectivity index (χ3n) is 3.72. The molecule has 0 aliphatic carbocycles. The maximum atomic E-state index is 11.9. The molecule has 1 aromatic rings. The zero-order valence-corrected chi connectivity index (χ0v) is 16.4. The Balaban J connectivity index is 0.00000288. The zero-order valence-electron chi connectivity index (χ0n) is 14.1. The van der Waals surface area contributed by atoms with Crippen LogP contribution in [0.2, 0.25) is 0 Å². The Bertz CT molecular complexity index is 525. The zero-order chi connectivity index (χ0) is 16.5. The molecular weight excluding hydrogens is 419 g/mol. The molecule has 0 bridgehead atoms. The summed E-state index contributed by atoms with van der Waals surface area (Å²) in [6, 6.07) is 9.20. The topological polar surface area (TPSA) is 77.0 Å². The van der Waals surface area contributed by atoms with E-state index in [9.17, 15) is 9.90 Å². The fourth-order valence-electron chi connectivity index (χ4n) is 2.52. The first-order valence-electron chi connectivity index (χ1n) is 8.25. The Labute approximate surface area is 160 Å². The normalized spacial score (nSPS) is 17.3. The van der Waals surface area contributed by atoms with Crippen LogP contribution in [0.1, 0.15) is 30.1 Å². The maximum Gasteiger partial charge on any atom is 0.251 e. The van der Waals surface area contributed by atoms with Gasteiger partial charge < -0.3 is 20.6 Å². The number of hydrogen-bond donors (Lipinski definition) is 3. The number of amides is 1. The molecule has 7 heteroatoms. The van der Waals surface area contributed by atoms with Gasteiger partial charge in [-0.15, -0.1) is 24.0 Å². The number of carbonyl (C=O) groups is 1. The third-order valence-corrected chi connectivity index (χ3v) is 3.72. The lowest BCUT2D eigenvalue weighted by molar-refractivity contribution is 0.0953. The molecule has 24 heavy (non-hydrogen) atoms. The molecule has 6 nitrogen and oxygen atoms in total. The molecule has 2 rings (SSSR count). The van der Waals surface area contributed by atoms with Gasteiger partial charge in [0.05, 0.1) is 6.10 Å². The van der Waals surface area contributed by atoms with Crippen molar-refractivity contribution < 1.29 is 9.90 Å². The number of carbonyl (C=O) groups excluding carboxylic acids is 1. The van der Waals surface area contributed by atoms with Crippen molar-refractivity contribution in [3.8, 4) is 0 Å². The van der Waals surface area contributed by atoms with E-state index in [2.05, 4.69) is 20.5 Å². The number of aliphatic imine (C=N–C) groups is 1. The SMILES string of the molecule is CCNC(=NCCCNC(=O)c1ccccc1)N1CC[C@@H](O)C1.I. The van der Waals surface area contributed by atoms with Crippen molar-refractivity contribution in [1.82, 2.24) is 15.5 Å². The molecule has 1 heterocycles. The van der Waals surface area contributed by atoms with Crippen LogP contribution in [0.3, 0.4) is 0 Å². The second-order valence-corrected chi connectivity index (χ2v) is 5.60. The van der Waals surface area contributed by atoms with E-state index in [1.807, 2.05) is 25.1 Å². The van der Waals surface area contributed by atoms with Crippen LogP contribution in [0.25, 0.3) is 0 Å². The van der Waals surface area contributed by atoms with E-state index >= 15 is 0 Å². The highest BCUT2D eigenvalue weighted by Crippen LogP contribution is 2.08. The van der Waals surface area contributed by atoms with Crippen molar-refractivity contribution in [1.29, 1.82) is 0 Å². The molecule has 1 atom stereocenters. The van der Waals surface area contributed by atoms with Gasteiger partial charge in [-0.25, -0.2) is 0 Å². The predicted molar refractivity (Wildman–Crippen MR) is 107 cm³/mol. The van der Waals surface area contributed by atoms with Gasteiger partial charge >= 0.3 is 0 Å². The molecule has 1 aliphatic rings. The number of halogens is 1. The van der Waals surface area contributed by atoms with Gasteiger partial charge in [-0.2, -0.15) is 0 Å². The summed E-state index contributed by atoms with van der Waals surface area (Å²) in [5.74, 6) is 0.794. The number of aliphatic hydroxyl groups excluding tert-OH is 1. The minimum Gasteiger partial charge on any atom is -0.391 e. The van der Waals surface area contributed by atoms with Crippen LogP contribution >= 0.6 is 24.0 Å². The minimum absolute atomic E-state index is 0. The maximum absolute atomic E-state index is 11.9. The van der Waals surface area contributed by atoms with Gasteiger partial charge in [0, 0.05) is 38.3 Å². The summed E-state index contributed by atoms with van der Waals surface area (Å²) in [7, 11) is 0. The molecule has 0 unspecified atom stereocenters. The van der Waals surface area contributed by atoms with E-state index in [4.69, 9.17) is 0 Å². The number of hydrogen-bond acceptors (Lipinski definition) is 3. The lowest BCUT2D eigenvalue weighted by Gasteiger charge is -2.20. The Kier molecular flexibility index (Phi) is 9.70. The van der Waals surface area contributed by atoms with Gasteiger partial charge in [-0.05, 0) is 31.9 Å². The van der Waals surface area contributed by atoms with Crippen molar-refractivity contribution in [3.05, 3.63) is 35.9 Å². The third kappa shape index (κ3) is 6.64. The molecule has 1 fully saturated rings. The molecule has 0 saturated carbocycles. The number of β-amino-alcohol motifs (C(OH)–C–C–N with tert-alkyl or cyclic N) is 1. The van der Waals surface area contributed by atoms with Gasteiger partial charge in [0.15, 0.2) is 5.96 Å². The monoisotopic (exact) mass is 446 g/mol. The van der Waals surface area contributed by atoms with Crippen molar-refractivity contribution in [2.75, 3.05) is 32.7 Å². The van der Waals surface area contributed by atoms with E-state index in [-0.39, 0.29) is 36.0 Å². The largest absolute Gasteiger partial charge is 0.391 e. The van der Waals surface area contributed by atoms with Crippen LogP contribution in [-0.2, 0) is 0 Å². The van der Waals surface area contributed by atoms with Crippen molar-refractivity contribution >= 4 is 35.8 Å². The first kappa shape index (κ1) is 20.7. The highest BCUT2D eigenvalue weighted by Gasteiger charge is 2.22. The van der Waals surface area contributed by atoms with Gasteiger partial charge in [0.1, 0.15) is 0 Å². The minimum atomic E-state index is -0.260. The van der Waals surface area contributed by atoms with Gasteiger partial charge in [-0.3, -0.25) is 9.79 Å². The predicted octanol–water partition coefficient (Wildman–Crippen LogP) is 1.46. The number of aliphatic hydroxyl groups is 1. The van der Waals surface area contributed by atoms with Gasteiger partial charge in [0.2, 0.25) is 0 Å². The quantitative estimate of drug-likeness (QED) is 0.268. The van der Waals surface area contributed by atoms with E-state index in [1.54, 1.807) is 12.1 Å². The highest BCUT2D eigenvalue weighted by atomic mass is 127. The molecule has 1 saturated heterocycles. The number of nitrogens with zero attached hydrogens (tertiary/aromatic N) is 2. The summed E-state index contributed by atoms with van der Waals surface area (Å²) in [4.78, 5) is 18.5. The molecule has 1 aromatic carbocycles. The van der Waals surface area contributed by atoms with Crippen molar-refractivity contribution in [2.24, 2.45) is 4.99 Å². The molecule has 1 amide bonds. The summed E-state index contributed by atoms with van der Waals surface area (Å²) in [6.07, 6.45) is 1.31. The molecule has 0 spiro atoms. The van der Waals surface area contributed by atoms with Crippen LogP contribution < -0.4 is 10.6 Å². The number of guanidine groups is 1. The number of likely N-dealkylation sites (tertiary alicyclic amines) is 1. The first-order valence-corrected chi connectivity index (χ1v) is 8.25. The van der Waals surface area contributed by atoms with E-state index < -0.39 is 0 Å². The fourth-order valence-corrected chi connectivity index (χ4v) is 2.52. The number of benzene rings is 1. The molecule has 0 radical (unpaired) electrons. The number of nitrogens with one attached hydrogen (secondary N) is 2. The Hall–Kier alpha value is -1.35. The van der Waals surface area contributed by atoms with E-state index in [0.717, 1.165) is 31.9 Å². The molecule has 3 N–H and O–H groups in total. The second kappa shape index (κ2) is 11.2. The van der Waals surface area contributed by atoms with Gasteiger partial charge in [-0.1, -0.05) is 18.2 Å². The van der Waals surface area contributed by atoms with E-state index in [1.165, 1.54) is 0 Å². The van der Waals surface area contributed by atoms with Crippen molar-refractivity contribution in [3.63, 3.8) is 0 Å². The highest BCUT2D eigenvalue weighted by molar-refractivity contribution is 14.0. The molecule has 1 aliphatic heterocycles. The van der Waals surface area contributed by atoms with Crippen LogP contribution in [0.15, 0.2) is 35.3 Å². The Morgan fingerprint density at radius 3 is 2.71 bits per heavy atom. The lowest BCUT2D eigenvalue weighted by atomic mass is 10.2. The summed E-state index contributed by atoms with van der Waals surface area (Å²) in [5, 5.41) is 15.8. The summed E-state index contributed by atoms with van der Waals surface area (Å²) in [6.45, 7) is 5.54. The molecule has 134 valence electrons. The summed E-state index contributed by atoms with van der Waals surface area (Å²) >= 11 is 0. The van der Waals surface area contributed by atoms with Crippen LogP contribution in [-0.4, -0.2) is 60.7 Å². The van der Waals surface area contributed by atoms with Crippen LogP contribution in [0.4, 0.5) is 0 Å². The standard InChI is InChI=1S/C17H26N4O2.HI/c1-2-18-17(21-12-9-15(22)13-21)20-11-6-10-19-16(23)14-7-4-3-5-8-14;/h3-5,7-8,15,22H,2,6,9-13H2,1H3,(H,18,20)(H,19,23);1H/t15-;/m1./s1. The first-order chi connectivity index (χ1) is 11.2. The van der Waals surface area contributed by atoms with Crippen molar-refractivity contribution in [2.45, 2.75) is 25.9 Å². The van der Waals surface area contributed by atoms with Crippen LogP contribution in [0, 0.1) is 0 Å². The fraction of sp³-hybridized carbons (Fsp3) is 0.529. The lowest BCUT2D eigenvalue weighted by Crippen LogP contribution is -2.40. The Morgan fingerprint density at radius 1 is 1.33 bits per heavy atom. The second-order valence-electron chi connectivity index (χ2n) is 5.60. The number of rotatable bonds is 6. The van der Waals surface area contributed by atoms with Gasteiger partial charge in [0.25, 0.3) is 5.91 Å². The van der Waals surface area contributed by atoms with E-state index in [0.29, 0.717) is 25.2 Å². The smallest absolute Gasteiger partial charge is 0.251 e. The average Bonchev–Trinajstić information content (AvgIpc) is 3.00. The summed E-state index contributed by atoms with van der Waals surface area (Å²) < 4.78 is 0.